The Bertz CT molecular complexity index is 1210. The molecule has 0 radical (unpaired) electrons. The highest BCUT2D eigenvalue weighted by molar-refractivity contribution is 7.89. The van der Waals surface area contributed by atoms with Crippen molar-refractivity contribution in [2.75, 3.05) is 19.9 Å². The number of benzene rings is 2. The van der Waals surface area contributed by atoms with E-state index in [-0.39, 0.29) is 37.2 Å². The second-order valence-corrected chi connectivity index (χ2v) is 9.06. The van der Waals surface area contributed by atoms with Crippen LogP contribution < -0.4 is 14.8 Å². The summed E-state index contributed by atoms with van der Waals surface area (Å²) in [4.78, 5) is 16.8. The van der Waals surface area contributed by atoms with Crippen LogP contribution in [-0.2, 0) is 21.4 Å². The van der Waals surface area contributed by atoms with Crippen molar-refractivity contribution in [3.05, 3.63) is 60.4 Å². The van der Waals surface area contributed by atoms with E-state index >= 15 is 0 Å². The predicted octanol–water partition coefficient (Wildman–Crippen LogP) is 2.68. The van der Waals surface area contributed by atoms with Gasteiger partial charge in [0.15, 0.2) is 11.5 Å². The van der Waals surface area contributed by atoms with Crippen molar-refractivity contribution in [3.8, 4) is 11.5 Å². The summed E-state index contributed by atoms with van der Waals surface area (Å²) >= 11 is 0. The van der Waals surface area contributed by atoms with Crippen LogP contribution in [0.3, 0.4) is 0 Å². The monoisotopic (exact) mass is 441 g/mol. The maximum Gasteiger partial charge on any atom is 0.244 e. The minimum Gasteiger partial charge on any atom is -0.454 e. The molecule has 0 aliphatic carbocycles. The summed E-state index contributed by atoms with van der Waals surface area (Å²) < 4.78 is 38.6. The zero-order valence-electron chi connectivity index (χ0n) is 17.1. The van der Waals surface area contributed by atoms with Crippen molar-refractivity contribution < 1.29 is 22.7 Å². The topological polar surface area (TPSA) is 97.8 Å². The van der Waals surface area contributed by atoms with E-state index in [1.165, 1.54) is 4.31 Å². The standard InChI is InChI=1S/C22H23N3O5S/c1-2-10-25(31(27,28)21-5-3-4-17-13-23-9-8-18(17)21)14-22(26)24-12-16-6-7-19-20(11-16)30-15-29-19/h3-9,11,13H,2,10,12,14-15H2,1H3,(H,24,26). The summed E-state index contributed by atoms with van der Waals surface area (Å²) in [5.74, 6) is 0.921. The van der Waals surface area contributed by atoms with Crippen molar-refractivity contribution in [3.63, 3.8) is 0 Å². The Labute approximate surface area is 180 Å². The molecule has 0 saturated heterocycles. The van der Waals surface area contributed by atoms with Crippen LogP contribution in [0.15, 0.2) is 59.8 Å². The number of nitrogens with one attached hydrogen (secondary N) is 1. The molecule has 8 nitrogen and oxygen atoms in total. The Morgan fingerprint density at radius 1 is 1.16 bits per heavy atom. The van der Waals surface area contributed by atoms with Crippen molar-refractivity contribution >= 4 is 26.7 Å². The summed E-state index contributed by atoms with van der Waals surface area (Å²) in [5, 5.41) is 4.10. The zero-order chi connectivity index (χ0) is 21.8. The SMILES string of the molecule is CCCN(CC(=O)NCc1ccc2c(c1)OCO2)S(=O)(=O)c1cccc2cnccc12. The number of amides is 1. The molecule has 0 unspecified atom stereocenters. The van der Waals surface area contributed by atoms with Crippen molar-refractivity contribution in [1.82, 2.24) is 14.6 Å². The highest BCUT2D eigenvalue weighted by Crippen LogP contribution is 2.32. The van der Waals surface area contributed by atoms with Gasteiger partial charge < -0.3 is 14.8 Å². The molecule has 1 aliphatic rings. The number of ether oxygens (including phenoxy) is 2. The van der Waals surface area contributed by atoms with Crippen LogP contribution in [0.5, 0.6) is 11.5 Å². The zero-order valence-corrected chi connectivity index (χ0v) is 17.9. The molecule has 0 saturated carbocycles. The van der Waals surface area contributed by atoms with E-state index in [4.69, 9.17) is 9.47 Å². The third kappa shape index (κ3) is 4.47. The van der Waals surface area contributed by atoms with Crippen LogP contribution in [0, 0.1) is 0 Å². The molecule has 9 heteroatoms. The van der Waals surface area contributed by atoms with Crippen LogP contribution in [0.25, 0.3) is 10.8 Å². The maximum absolute atomic E-state index is 13.4. The van der Waals surface area contributed by atoms with Crippen LogP contribution in [-0.4, -0.2) is 43.5 Å². The molecule has 3 aromatic rings. The van der Waals surface area contributed by atoms with E-state index in [0.717, 1.165) is 10.9 Å². The number of nitrogens with zero attached hydrogens (tertiary/aromatic N) is 2. The highest BCUT2D eigenvalue weighted by Gasteiger charge is 2.27. The summed E-state index contributed by atoms with van der Waals surface area (Å²) in [6.45, 7) is 2.29. The highest BCUT2D eigenvalue weighted by atomic mass is 32.2. The molecule has 1 aliphatic heterocycles. The van der Waals surface area contributed by atoms with E-state index in [2.05, 4.69) is 10.3 Å². The number of carbonyl (C=O) groups excluding carboxylic acids is 1. The van der Waals surface area contributed by atoms with E-state index in [0.29, 0.717) is 23.3 Å². The Morgan fingerprint density at radius 3 is 2.84 bits per heavy atom. The van der Waals surface area contributed by atoms with Crippen LogP contribution in [0.4, 0.5) is 0 Å². The Hall–Kier alpha value is -3.17. The normalized spacial score (nSPS) is 13.0. The van der Waals surface area contributed by atoms with Crippen LogP contribution in [0.1, 0.15) is 18.9 Å². The average Bonchev–Trinajstić information content (AvgIpc) is 3.25. The van der Waals surface area contributed by atoms with Gasteiger partial charge in [0.1, 0.15) is 0 Å². The molecular weight excluding hydrogens is 418 g/mol. The number of rotatable bonds is 8. The maximum atomic E-state index is 13.4. The molecule has 31 heavy (non-hydrogen) atoms. The smallest absolute Gasteiger partial charge is 0.244 e. The van der Waals surface area contributed by atoms with E-state index in [1.54, 1.807) is 42.7 Å². The lowest BCUT2D eigenvalue weighted by molar-refractivity contribution is -0.121. The van der Waals surface area contributed by atoms with Crippen molar-refractivity contribution in [2.24, 2.45) is 0 Å². The lowest BCUT2D eigenvalue weighted by atomic mass is 10.2. The first-order chi connectivity index (χ1) is 15.0. The summed E-state index contributed by atoms with van der Waals surface area (Å²) in [6, 6.07) is 12.1. The lowest BCUT2D eigenvalue weighted by Gasteiger charge is -2.22. The first-order valence-corrected chi connectivity index (χ1v) is 11.4. The Kier molecular flexibility index (Phi) is 6.06. The number of hydrogen-bond acceptors (Lipinski definition) is 6. The fraction of sp³-hybridized carbons (Fsp3) is 0.273. The number of pyridine rings is 1. The summed E-state index contributed by atoms with van der Waals surface area (Å²) in [7, 11) is -3.87. The van der Waals surface area contributed by atoms with Crippen LogP contribution in [0.2, 0.25) is 0 Å². The Morgan fingerprint density at radius 2 is 2.00 bits per heavy atom. The second-order valence-electron chi connectivity index (χ2n) is 7.16. The predicted molar refractivity (Wildman–Crippen MR) is 115 cm³/mol. The largest absolute Gasteiger partial charge is 0.454 e. The van der Waals surface area contributed by atoms with Gasteiger partial charge in [-0.15, -0.1) is 0 Å². The molecule has 0 bridgehead atoms. The molecule has 0 fully saturated rings. The molecular formula is C22H23N3O5S. The average molecular weight is 442 g/mol. The van der Waals surface area contributed by atoms with Gasteiger partial charge in [0, 0.05) is 36.3 Å². The third-order valence-electron chi connectivity index (χ3n) is 4.98. The molecule has 1 amide bonds. The van der Waals surface area contributed by atoms with Gasteiger partial charge in [-0.2, -0.15) is 4.31 Å². The number of carbonyl (C=O) groups is 1. The molecule has 1 N–H and O–H groups in total. The minimum atomic E-state index is -3.87. The van der Waals surface area contributed by atoms with E-state index in [9.17, 15) is 13.2 Å². The van der Waals surface area contributed by atoms with Gasteiger partial charge in [0.05, 0.1) is 11.4 Å². The molecule has 2 aromatic carbocycles. The lowest BCUT2D eigenvalue weighted by Crippen LogP contribution is -2.41. The summed E-state index contributed by atoms with van der Waals surface area (Å²) in [6.07, 6.45) is 3.77. The molecule has 0 spiro atoms. The van der Waals surface area contributed by atoms with Gasteiger partial charge in [-0.05, 0) is 36.2 Å². The fourth-order valence-corrected chi connectivity index (χ4v) is 5.16. The molecule has 2 heterocycles. The number of hydrogen-bond donors (Lipinski definition) is 1. The molecule has 0 atom stereocenters. The first kappa shape index (κ1) is 21.1. The van der Waals surface area contributed by atoms with Gasteiger partial charge in [0.25, 0.3) is 0 Å². The number of aromatic nitrogens is 1. The van der Waals surface area contributed by atoms with Crippen molar-refractivity contribution in [1.29, 1.82) is 0 Å². The third-order valence-corrected chi connectivity index (χ3v) is 6.88. The van der Waals surface area contributed by atoms with Gasteiger partial charge >= 0.3 is 0 Å². The van der Waals surface area contributed by atoms with Gasteiger partial charge in [-0.3, -0.25) is 9.78 Å². The number of fused-ring (bicyclic) bond motifs is 2. The van der Waals surface area contributed by atoms with Gasteiger partial charge in [-0.25, -0.2) is 8.42 Å². The fourth-order valence-electron chi connectivity index (χ4n) is 3.46. The molecule has 4 rings (SSSR count). The molecule has 1 aromatic heterocycles. The van der Waals surface area contributed by atoms with Crippen molar-refractivity contribution in [2.45, 2.75) is 24.8 Å². The van der Waals surface area contributed by atoms with E-state index < -0.39 is 10.0 Å². The Balaban J connectivity index is 1.49. The quantitative estimate of drug-likeness (QED) is 0.577. The van der Waals surface area contributed by atoms with E-state index in [1.807, 2.05) is 19.1 Å². The minimum absolute atomic E-state index is 0.171. The van der Waals surface area contributed by atoms with Crippen LogP contribution >= 0.6 is 0 Å². The molecule has 162 valence electrons. The van der Waals surface area contributed by atoms with Gasteiger partial charge in [0.2, 0.25) is 22.7 Å². The van der Waals surface area contributed by atoms with Gasteiger partial charge in [-0.1, -0.05) is 25.1 Å². The first-order valence-electron chi connectivity index (χ1n) is 9.97. The number of sulfonamides is 1. The summed E-state index contributed by atoms with van der Waals surface area (Å²) in [5.41, 5.74) is 0.837. The second kappa shape index (κ2) is 8.91.